The predicted molar refractivity (Wildman–Crippen MR) is 86.4 cm³/mol. The minimum absolute atomic E-state index is 0.0164. The van der Waals surface area contributed by atoms with E-state index in [-0.39, 0.29) is 30.5 Å². The second-order valence-corrected chi connectivity index (χ2v) is 4.86. The lowest BCUT2D eigenvalue weighted by molar-refractivity contribution is -0.123. The molecule has 0 atom stereocenters. The number of hydrogen-bond acceptors (Lipinski definition) is 4. The van der Waals surface area contributed by atoms with Crippen molar-refractivity contribution in [2.45, 2.75) is 6.42 Å². The molecular weight excluding hydrogens is 296 g/mol. The van der Waals surface area contributed by atoms with Crippen LogP contribution in [-0.2, 0) is 16.0 Å². The molecule has 0 unspecified atom stereocenters. The molecule has 0 aliphatic rings. The Morgan fingerprint density at radius 3 is 2.39 bits per heavy atom. The Bertz CT molecular complexity index is 683. The molecule has 2 aromatic rings. The van der Waals surface area contributed by atoms with E-state index in [1.54, 1.807) is 49.6 Å². The molecule has 23 heavy (non-hydrogen) atoms. The molecular formula is C17H18N2O4. The van der Waals surface area contributed by atoms with Gasteiger partial charge < -0.3 is 20.5 Å². The summed E-state index contributed by atoms with van der Waals surface area (Å²) < 4.78 is 5.03. The molecule has 0 aliphatic heterocycles. The van der Waals surface area contributed by atoms with Crippen LogP contribution >= 0.6 is 0 Å². The lowest BCUT2D eigenvalue weighted by atomic mass is 10.1. The number of rotatable bonds is 6. The quantitative estimate of drug-likeness (QED) is 0.757. The molecule has 0 radical (unpaired) electrons. The third-order valence-corrected chi connectivity index (χ3v) is 3.16. The molecule has 120 valence electrons. The number of phenolic OH excluding ortho intramolecular Hbond substituents is 1. The molecule has 2 amide bonds. The average Bonchev–Trinajstić information content (AvgIpc) is 2.56. The van der Waals surface area contributed by atoms with Gasteiger partial charge in [0.05, 0.1) is 20.1 Å². The SMILES string of the molecule is COc1ccc(NC(=O)CNC(=O)Cc2ccccc2O)cc1. The van der Waals surface area contributed by atoms with E-state index in [1.807, 2.05) is 0 Å². The Kier molecular flexibility index (Phi) is 5.57. The molecule has 0 spiro atoms. The zero-order valence-corrected chi connectivity index (χ0v) is 12.7. The Balaban J connectivity index is 1.79. The van der Waals surface area contributed by atoms with Gasteiger partial charge in [0.25, 0.3) is 0 Å². The van der Waals surface area contributed by atoms with Crippen molar-refractivity contribution in [3.05, 3.63) is 54.1 Å². The van der Waals surface area contributed by atoms with Crippen LogP contribution in [0.1, 0.15) is 5.56 Å². The Labute approximate surface area is 134 Å². The van der Waals surface area contributed by atoms with E-state index in [4.69, 9.17) is 4.74 Å². The molecule has 0 bridgehead atoms. The van der Waals surface area contributed by atoms with Crippen molar-refractivity contribution in [2.24, 2.45) is 0 Å². The second kappa shape index (κ2) is 7.84. The average molecular weight is 314 g/mol. The standard InChI is InChI=1S/C17H18N2O4/c1-23-14-8-6-13(7-9-14)19-17(22)11-18-16(21)10-12-4-2-3-5-15(12)20/h2-9,20H,10-11H2,1H3,(H,18,21)(H,19,22). The number of phenols is 1. The van der Waals surface area contributed by atoms with Crippen LogP contribution in [0.4, 0.5) is 5.69 Å². The number of carbonyl (C=O) groups is 2. The maximum absolute atomic E-state index is 11.8. The Hall–Kier alpha value is -3.02. The largest absolute Gasteiger partial charge is 0.508 e. The fourth-order valence-corrected chi connectivity index (χ4v) is 1.95. The maximum atomic E-state index is 11.8. The fourth-order valence-electron chi connectivity index (χ4n) is 1.95. The van der Waals surface area contributed by atoms with E-state index in [1.165, 1.54) is 6.07 Å². The van der Waals surface area contributed by atoms with Crippen LogP contribution in [0, 0.1) is 0 Å². The number of hydrogen-bond donors (Lipinski definition) is 3. The van der Waals surface area contributed by atoms with Gasteiger partial charge in [-0.3, -0.25) is 9.59 Å². The van der Waals surface area contributed by atoms with E-state index in [0.717, 1.165) is 0 Å². The predicted octanol–water partition coefficient (Wildman–Crippen LogP) is 1.70. The molecule has 0 aromatic heterocycles. The first-order chi connectivity index (χ1) is 11.1. The molecule has 6 heteroatoms. The third-order valence-electron chi connectivity index (χ3n) is 3.16. The fraction of sp³-hybridized carbons (Fsp3) is 0.176. The van der Waals surface area contributed by atoms with Crippen molar-refractivity contribution in [1.82, 2.24) is 5.32 Å². The van der Waals surface area contributed by atoms with E-state index in [0.29, 0.717) is 17.0 Å². The molecule has 6 nitrogen and oxygen atoms in total. The van der Waals surface area contributed by atoms with Crippen LogP contribution < -0.4 is 15.4 Å². The molecule has 0 aliphatic carbocycles. The number of carbonyl (C=O) groups excluding carboxylic acids is 2. The van der Waals surface area contributed by atoms with Gasteiger partial charge in [-0.05, 0) is 30.3 Å². The normalized spacial score (nSPS) is 9.96. The van der Waals surface area contributed by atoms with E-state index in [9.17, 15) is 14.7 Å². The van der Waals surface area contributed by atoms with Crippen LogP contribution in [0.15, 0.2) is 48.5 Å². The zero-order chi connectivity index (χ0) is 16.7. The number of ether oxygens (including phenoxy) is 1. The number of anilines is 1. The summed E-state index contributed by atoms with van der Waals surface area (Å²) in [5.41, 5.74) is 1.13. The van der Waals surface area contributed by atoms with Gasteiger partial charge in [-0.2, -0.15) is 0 Å². The highest BCUT2D eigenvalue weighted by Gasteiger charge is 2.09. The van der Waals surface area contributed by atoms with Crippen LogP contribution in [0.25, 0.3) is 0 Å². The summed E-state index contributed by atoms with van der Waals surface area (Å²) in [6.07, 6.45) is 0.0164. The van der Waals surface area contributed by atoms with Crippen molar-refractivity contribution < 1.29 is 19.4 Å². The van der Waals surface area contributed by atoms with Crippen molar-refractivity contribution >= 4 is 17.5 Å². The lowest BCUT2D eigenvalue weighted by Crippen LogP contribution is -2.33. The summed E-state index contributed by atoms with van der Waals surface area (Å²) in [5, 5.41) is 14.8. The van der Waals surface area contributed by atoms with Gasteiger partial charge in [0.2, 0.25) is 11.8 Å². The Morgan fingerprint density at radius 1 is 1.04 bits per heavy atom. The van der Waals surface area contributed by atoms with Gasteiger partial charge >= 0.3 is 0 Å². The van der Waals surface area contributed by atoms with Gasteiger partial charge in [-0.25, -0.2) is 0 Å². The first-order valence-electron chi connectivity index (χ1n) is 7.06. The summed E-state index contributed by atoms with van der Waals surface area (Å²) in [5.74, 6) is 0.0847. The van der Waals surface area contributed by atoms with Crippen molar-refractivity contribution in [1.29, 1.82) is 0 Å². The van der Waals surface area contributed by atoms with Crippen LogP contribution in [0.2, 0.25) is 0 Å². The number of nitrogens with one attached hydrogen (secondary N) is 2. The molecule has 0 fully saturated rings. The molecule has 0 heterocycles. The van der Waals surface area contributed by atoms with Gasteiger partial charge in [-0.15, -0.1) is 0 Å². The first-order valence-corrected chi connectivity index (χ1v) is 7.06. The summed E-state index contributed by atoms with van der Waals surface area (Å²) in [4.78, 5) is 23.6. The lowest BCUT2D eigenvalue weighted by Gasteiger charge is -2.08. The first kappa shape index (κ1) is 16.4. The number of benzene rings is 2. The van der Waals surface area contributed by atoms with Crippen LogP contribution in [0.3, 0.4) is 0 Å². The van der Waals surface area contributed by atoms with Crippen molar-refractivity contribution in [3.63, 3.8) is 0 Å². The minimum atomic E-state index is -0.337. The number of amides is 2. The van der Waals surface area contributed by atoms with Gasteiger partial charge in [0.15, 0.2) is 0 Å². The molecule has 2 rings (SSSR count). The topological polar surface area (TPSA) is 87.7 Å². The monoisotopic (exact) mass is 314 g/mol. The summed E-state index contributed by atoms with van der Waals surface area (Å²) in [6.45, 7) is -0.140. The van der Waals surface area contributed by atoms with E-state index < -0.39 is 0 Å². The van der Waals surface area contributed by atoms with Crippen LogP contribution in [0.5, 0.6) is 11.5 Å². The molecule has 0 saturated heterocycles. The van der Waals surface area contributed by atoms with Gasteiger partial charge in [-0.1, -0.05) is 18.2 Å². The highest BCUT2D eigenvalue weighted by atomic mass is 16.5. The summed E-state index contributed by atoms with van der Waals surface area (Å²) >= 11 is 0. The summed E-state index contributed by atoms with van der Waals surface area (Å²) in [7, 11) is 1.56. The Morgan fingerprint density at radius 2 is 1.74 bits per heavy atom. The van der Waals surface area contributed by atoms with Crippen LogP contribution in [-0.4, -0.2) is 30.6 Å². The molecule has 2 aromatic carbocycles. The number of para-hydroxylation sites is 1. The minimum Gasteiger partial charge on any atom is -0.508 e. The zero-order valence-electron chi connectivity index (χ0n) is 12.7. The van der Waals surface area contributed by atoms with Crippen molar-refractivity contribution in [3.8, 4) is 11.5 Å². The van der Waals surface area contributed by atoms with Gasteiger partial charge in [0, 0.05) is 11.3 Å². The highest BCUT2D eigenvalue weighted by Crippen LogP contribution is 2.16. The molecule has 0 saturated carbocycles. The van der Waals surface area contributed by atoms with Gasteiger partial charge in [0.1, 0.15) is 11.5 Å². The summed E-state index contributed by atoms with van der Waals surface area (Å²) in [6, 6.07) is 13.5. The second-order valence-electron chi connectivity index (χ2n) is 4.86. The number of aromatic hydroxyl groups is 1. The maximum Gasteiger partial charge on any atom is 0.243 e. The third kappa shape index (κ3) is 5.03. The van der Waals surface area contributed by atoms with E-state index >= 15 is 0 Å². The van der Waals surface area contributed by atoms with E-state index in [2.05, 4.69) is 10.6 Å². The smallest absolute Gasteiger partial charge is 0.243 e. The molecule has 3 N–H and O–H groups in total. The highest BCUT2D eigenvalue weighted by molar-refractivity contribution is 5.94. The number of methoxy groups -OCH3 is 1. The van der Waals surface area contributed by atoms with Crippen molar-refractivity contribution in [2.75, 3.05) is 19.0 Å².